The van der Waals surface area contributed by atoms with E-state index in [0.29, 0.717) is 5.92 Å². The van der Waals surface area contributed by atoms with Gasteiger partial charge in [-0.05, 0) is 36.1 Å². The molecule has 0 aromatic rings. The molecule has 1 nitrogen and oxygen atoms in total. The maximum absolute atomic E-state index is 11.0. The van der Waals surface area contributed by atoms with Gasteiger partial charge < -0.3 is 0 Å². The molecule has 2 heteroatoms. The predicted molar refractivity (Wildman–Crippen MR) is 54.3 cm³/mol. The van der Waals surface area contributed by atoms with Crippen LogP contribution in [-0.4, -0.2) is 10.6 Å². The SMILES string of the molecule is CC(C)CC1=CC(=O)C=CC1=S. The first kappa shape index (κ1) is 9.33. The molecule has 0 amide bonds. The third-order valence-electron chi connectivity index (χ3n) is 1.66. The van der Waals surface area contributed by atoms with E-state index in [0.717, 1.165) is 16.9 Å². The van der Waals surface area contributed by atoms with Gasteiger partial charge in [0.25, 0.3) is 0 Å². The molecule has 0 saturated heterocycles. The fourth-order valence-electron chi connectivity index (χ4n) is 1.16. The second-order valence-electron chi connectivity index (χ2n) is 3.37. The number of hydrogen-bond acceptors (Lipinski definition) is 2. The molecule has 0 atom stereocenters. The van der Waals surface area contributed by atoms with E-state index in [1.165, 1.54) is 6.08 Å². The molecule has 0 heterocycles. The molecule has 0 aromatic carbocycles. The standard InChI is InChI=1S/C10H12OS/c1-7(2)5-8-6-9(11)3-4-10(8)12/h3-4,6-7H,5H2,1-2H3. The second-order valence-corrected chi connectivity index (χ2v) is 3.81. The number of allylic oxidation sites excluding steroid dienone is 4. The highest BCUT2D eigenvalue weighted by atomic mass is 32.1. The van der Waals surface area contributed by atoms with Crippen LogP contribution in [0.2, 0.25) is 0 Å². The maximum atomic E-state index is 11.0. The van der Waals surface area contributed by atoms with E-state index in [4.69, 9.17) is 12.2 Å². The van der Waals surface area contributed by atoms with E-state index in [9.17, 15) is 4.79 Å². The van der Waals surface area contributed by atoms with Crippen molar-refractivity contribution in [3.05, 3.63) is 23.8 Å². The lowest BCUT2D eigenvalue weighted by Gasteiger charge is -2.10. The average Bonchev–Trinajstić information content (AvgIpc) is 1.96. The molecule has 0 spiro atoms. The summed E-state index contributed by atoms with van der Waals surface area (Å²) in [5, 5.41) is 0. The van der Waals surface area contributed by atoms with Crippen molar-refractivity contribution in [2.75, 3.05) is 0 Å². The summed E-state index contributed by atoms with van der Waals surface area (Å²) in [6, 6.07) is 0. The van der Waals surface area contributed by atoms with Crippen LogP contribution in [0.4, 0.5) is 0 Å². The highest BCUT2D eigenvalue weighted by Gasteiger charge is 2.10. The molecule has 1 aliphatic rings. The number of ketones is 1. The highest BCUT2D eigenvalue weighted by molar-refractivity contribution is 7.81. The van der Waals surface area contributed by atoms with Crippen molar-refractivity contribution in [2.24, 2.45) is 5.92 Å². The molecule has 0 aliphatic heterocycles. The third kappa shape index (κ3) is 2.38. The van der Waals surface area contributed by atoms with Crippen molar-refractivity contribution in [1.82, 2.24) is 0 Å². The van der Waals surface area contributed by atoms with E-state index < -0.39 is 0 Å². The Bertz CT molecular complexity index is 272. The lowest BCUT2D eigenvalue weighted by Crippen LogP contribution is -2.07. The molecule has 0 N–H and O–H groups in total. The highest BCUT2D eigenvalue weighted by Crippen LogP contribution is 2.16. The van der Waals surface area contributed by atoms with Crippen molar-refractivity contribution < 1.29 is 4.79 Å². The molecule has 0 bridgehead atoms. The average molecular weight is 180 g/mol. The minimum absolute atomic E-state index is 0.0549. The predicted octanol–water partition coefficient (Wildman–Crippen LogP) is 2.47. The van der Waals surface area contributed by atoms with E-state index >= 15 is 0 Å². The van der Waals surface area contributed by atoms with E-state index in [2.05, 4.69) is 13.8 Å². The Labute approximate surface area is 78.2 Å². The molecule has 0 unspecified atom stereocenters. The van der Waals surface area contributed by atoms with Gasteiger partial charge in [0.1, 0.15) is 0 Å². The molecule has 64 valence electrons. The Balaban J connectivity index is 2.75. The van der Waals surface area contributed by atoms with Crippen molar-refractivity contribution >= 4 is 22.9 Å². The summed E-state index contributed by atoms with van der Waals surface area (Å²) in [6.45, 7) is 4.23. The summed E-state index contributed by atoms with van der Waals surface area (Å²) < 4.78 is 0. The summed E-state index contributed by atoms with van der Waals surface area (Å²) in [5.74, 6) is 0.604. The summed E-state index contributed by atoms with van der Waals surface area (Å²) in [4.78, 5) is 11.8. The zero-order valence-electron chi connectivity index (χ0n) is 7.33. The van der Waals surface area contributed by atoms with Gasteiger partial charge in [-0.1, -0.05) is 26.1 Å². The van der Waals surface area contributed by atoms with E-state index in [1.807, 2.05) is 0 Å². The number of carbonyl (C=O) groups excluding carboxylic acids is 1. The number of rotatable bonds is 2. The van der Waals surface area contributed by atoms with Crippen molar-refractivity contribution in [2.45, 2.75) is 20.3 Å². The first-order valence-electron chi connectivity index (χ1n) is 4.06. The maximum Gasteiger partial charge on any atom is 0.179 e. The Morgan fingerprint density at radius 2 is 2.08 bits per heavy atom. The van der Waals surface area contributed by atoms with E-state index in [1.54, 1.807) is 12.2 Å². The van der Waals surface area contributed by atoms with Gasteiger partial charge >= 0.3 is 0 Å². The van der Waals surface area contributed by atoms with Crippen molar-refractivity contribution in [3.8, 4) is 0 Å². The Morgan fingerprint density at radius 1 is 1.42 bits per heavy atom. The first-order valence-corrected chi connectivity index (χ1v) is 4.47. The second kappa shape index (κ2) is 3.76. The fraction of sp³-hybridized carbons (Fsp3) is 0.400. The molecule has 0 saturated carbocycles. The molecule has 1 aliphatic carbocycles. The van der Waals surface area contributed by atoms with Crippen LogP contribution in [0, 0.1) is 5.92 Å². The molecule has 0 aromatic heterocycles. The minimum atomic E-state index is 0.0549. The molecule has 12 heavy (non-hydrogen) atoms. The van der Waals surface area contributed by atoms with Gasteiger partial charge in [-0.25, -0.2) is 0 Å². The molecular formula is C10H12OS. The van der Waals surface area contributed by atoms with Crippen LogP contribution in [0.15, 0.2) is 23.8 Å². The fourth-order valence-corrected chi connectivity index (χ4v) is 1.37. The van der Waals surface area contributed by atoms with Gasteiger partial charge in [-0.2, -0.15) is 0 Å². The van der Waals surface area contributed by atoms with Gasteiger partial charge in [0.05, 0.1) is 0 Å². The number of thiocarbonyl (C=S) groups is 1. The first-order chi connectivity index (χ1) is 5.59. The lowest BCUT2D eigenvalue weighted by atomic mass is 9.96. The van der Waals surface area contributed by atoms with Gasteiger partial charge in [-0.15, -0.1) is 0 Å². The zero-order valence-corrected chi connectivity index (χ0v) is 8.15. The van der Waals surface area contributed by atoms with Crippen LogP contribution < -0.4 is 0 Å². The van der Waals surface area contributed by atoms with Crippen LogP contribution in [0.3, 0.4) is 0 Å². The smallest absolute Gasteiger partial charge is 0.179 e. The summed E-state index contributed by atoms with van der Waals surface area (Å²) in [5.41, 5.74) is 1.01. The summed E-state index contributed by atoms with van der Waals surface area (Å²) in [6.07, 6.45) is 5.78. The molecule has 0 fully saturated rings. The summed E-state index contributed by atoms with van der Waals surface area (Å²) >= 11 is 5.09. The van der Waals surface area contributed by atoms with Gasteiger partial charge in [0.2, 0.25) is 0 Å². The Morgan fingerprint density at radius 3 is 2.67 bits per heavy atom. The van der Waals surface area contributed by atoms with Gasteiger partial charge in [0.15, 0.2) is 5.78 Å². The molecule has 0 radical (unpaired) electrons. The van der Waals surface area contributed by atoms with Crippen LogP contribution in [0.5, 0.6) is 0 Å². The quantitative estimate of drug-likeness (QED) is 0.607. The van der Waals surface area contributed by atoms with Gasteiger partial charge in [0, 0.05) is 4.86 Å². The monoisotopic (exact) mass is 180 g/mol. The Hall–Kier alpha value is -0.760. The van der Waals surface area contributed by atoms with Crippen LogP contribution in [-0.2, 0) is 4.79 Å². The summed E-state index contributed by atoms with van der Waals surface area (Å²) in [7, 11) is 0. The van der Waals surface area contributed by atoms with Crippen LogP contribution in [0.25, 0.3) is 0 Å². The third-order valence-corrected chi connectivity index (χ3v) is 2.06. The van der Waals surface area contributed by atoms with Crippen LogP contribution >= 0.6 is 12.2 Å². The Kier molecular flexibility index (Phi) is 2.93. The van der Waals surface area contributed by atoms with Crippen molar-refractivity contribution in [1.29, 1.82) is 0 Å². The minimum Gasteiger partial charge on any atom is -0.290 e. The van der Waals surface area contributed by atoms with Gasteiger partial charge in [-0.3, -0.25) is 4.79 Å². The molecular weight excluding hydrogens is 168 g/mol. The van der Waals surface area contributed by atoms with E-state index in [-0.39, 0.29) is 5.78 Å². The zero-order chi connectivity index (χ0) is 9.14. The topological polar surface area (TPSA) is 17.1 Å². The van der Waals surface area contributed by atoms with Crippen LogP contribution in [0.1, 0.15) is 20.3 Å². The lowest BCUT2D eigenvalue weighted by molar-refractivity contribution is -0.110. The largest absolute Gasteiger partial charge is 0.290 e. The number of hydrogen-bond donors (Lipinski definition) is 0. The number of carbonyl (C=O) groups is 1. The normalized spacial score (nSPS) is 17.1. The van der Waals surface area contributed by atoms with Crippen molar-refractivity contribution in [3.63, 3.8) is 0 Å². The molecule has 1 rings (SSSR count).